The molecule has 0 saturated heterocycles. The minimum Gasteiger partial charge on any atom is -0.424 e. The smallest absolute Gasteiger partial charge is 0.295 e. The number of aromatic nitrogens is 1. The first-order valence-corrected chi connectivity index (χ1v) is 5.76. The fourth-order valence-corrected chi connectivity index (χ4v) is 1.64. The summed E-state index contributed by atoms with van der Waals surface area (Å²) in [6.45, 7) is 0.888. The molecule has 0 aliphatic rings. The molecule has 2 rings (SSSR count). The summed E-state index contributed by atoms with van der Waals surface area (Å²) in [4.78, 5) is 4.25. The van der Waals surface area contributed by atoms with E-state index in [0.717, 1.165) is 5.52 Å². The number of methoxy groups -OCH3 is 1. The van der Waals surface area contributed by atoms with E-state index in [1.165, 1.54) is 0 Å². The molecular weight excluding hydrogens is 234 g/mol. The Morgan fingerprint density at radius 2 is 2.39 bits per heavy atom. The maximum atomic E-state index is 9.47. The normalized spacial score (nSPS) is 12.8. The maximum absolute atomic E-state index is 9.47. The number of nitrogens with two attached hydrogens (primary N) is 1. The number of benzene rings is 1. The zero-order valence-electron chi connectivity index (χ0n) is 10.2. The van der Waals surface area contributed by atoms with Crippen LogP contribution >= 0.6 is 0 Å². The van der Waals surface area contributed by atoms with Crippen LogP contribution in [0.5, 0.6) is 0 Å². The molecule has 0 saturated carbocycles. The molecule has 0 bridgehead atoms. The van der Waals surface area contributed by atoms with Crippen LogP contribution in [0.2, 0.25) is 0 Å². The Kier molecular flexibility index (Phi) is 4.01. The minimum absolute atomic E-state index is 0.325. The SMILES string of the molecule is COCC(O)CCNc1nc2cc(N)ccc2o1. The van der Waals surface area contributed by atoms with Crippen LogP contribution in [0.3, 0.4) is 0 Å². The van der Waals surface area contributed by atoms with Gasteiger partial charge in [0.1, 0.15) is 5.52 Å². The van der Waals surface area contributed by atoms with Gasteiger partial charge in [0.25, 0.3) is 6.01 Å². The lowest BCUT2D eigenvalue weighted by Crippen LogP contribution is -2.18. The number of hydrogen-bond donors (Lipinski definition) is 3. The zero-order valence-corrected chi connectivity index (χ0v) is 10.2. The van der Waals surface area contributed by atoms with Gasteiger partial charge >= 0.3 is 0 Å². The monoisotopic (exact) mass is 251 g/mol. The van der Waals surface area contributed by atoms with Crippen molar-refractivity contribution in [1.29, 1.82) is 0 Å². The summed E-state index contributed by atoms with van der Waals surface area (Å²) in [5, 5.41) is 12.5. The van der Waals surface area contributed by atoms with Crippen LogP contribution in [0.15, 0.2) is 22.6 Å². The first-order chi connectivity index (χ1) is 8.69. The molecule has 1 heterocycles. The summed E-state index contributed by atoms with van der Waals surface area (Å²) in [5.74, 6) is 0. The van der Waals surface area contributed by atoms with Gasteiger partial charge in [-0.15, -0.1) is 0 Å². The first-order valence-electron chi connectivity index (χ1n) is 5.76. The van der Waals surface area contributed by atoms with Crippen molar-refractivity contribution in [3.05, 3.63) is 18.2 Å². The highest BCUT2D eigenvalue weighted by atomic mass is 16.5. The summed E-state index contributed by atoms with van der Waals surface area (Å²) in [7, 11) is 1.56. The highest BCUT2D eigenvalue weighted by Gasteiger charge is 2.07. The van der Waals surface area contributed by atoms with Gasteiger partial charge in [-0.2, -0.15) is 4.98 Å². The second-order valence-electron chi connectivity index (χ2n) is 4.07. The van der Waals surface area contributed by atoms with Crippen molar-refractivity contribution in [2.75, 3.05) is 31.3 Å². The topological polar surface area (TPSA) is 93.5 Å². The second-order valence-corrected chi connectivity index (χ2v) is 4.07. The lowest BCUT2D eigenvalue weighted by molar-refractivity contribution is 0.0615. The molecule has 6 nitrogen and oxygen atoms in total. The molecule has 18 heavy (non-hydrogen) atoms. The lowest BCUT2D eigenvalue weighted by Gasteiger charge is -2.08. The van der Waals surface area contributed by atoms with E-state index >= 15 is 0 Å². The summed E-state index contributed by atoms with van der Waals surface area (Å²) >= 11 is 0. The van der Waals surface area contributed by atoms with E-state index in [9.17, 15) is 5.11 Å². The van der Waals surface area contributed by atoms with Crippen LogP contribution in [-0.4, -0.2) is 36.5 Å². The summed E-state index contributed by atoms with van der Waals surface area (Å²) < 4.78 is 10.3. The predicted octanol–water partition coefficient (Wildman–Crippen LogP) is 1.22. The van der Waals surface area contributed by atoms with E-state index in [-0.39, 0.29) is 0 Å². The molecule has 0 fully saturated rings. The van der Waals surface area contributed by atoms with E-state index in [2.05, 4.69) is 10.3 Å². The van der Waals surface area contributed by atoms with Crippen molar-refractivity contribution in [1.82, 2.24) is 4.98 Å². The molecule has 0 aliphatic carbocycles. The predicted molar refractivity (Wildman–Crippen MR) is 69.4 cm³/mol. The largest absolute Gasteiger partial charge is 0.424 e. The summed E-state index contributed by atoms with van der Waals surface area (Å²) in [6, 6.07) is 5.73. The fourth-order valence-electron chi connectivity index (χ4n) is 1.64. The van der Waals surface area contributed by atoms with Gasteiger partial charge in [0.15, 0.2) is 5.58 Å². The van der Waals surface area contributed by atoms with Gasteiger partial charge in [0.2, 0.25) is 0 Å². The van der Waals surface area contributed by atoms with Crippen LogP contribution in [0, 0.1) is 0 Å². The van der Waals surface area contributed by atoms with Gasteiger partial charge in [0, 0.05) is 19.3 Å². The molecule has 0 amide bonds. The number of anilines is 2. The van der Waals surface area contributed by atoms with Gasteiger partial charge in [-0.1, -0.05) is 0 Å². The van der Waals surface area contributed by atoms with Crippen molar-refractivity contribution in [3.8, 4) is 0 Å². The zero-order chi connectivity index (χ0) is 13.0. The molecule has 1 atom stereocenters. The van der Waals surface area contributed by atoms with Gasteiger partial charge in [-0.3, -0.25) is 0 Å². The molecule has 6 heteroatoms. The van der Waals surface area contributed by atoms with Gasteiger partial charge in [0.05, 0.1) is 12.7 Å². The standard InChI is InChI=1S/C12H17N3O3/c1-17-7-9(16)4-5-14-12-15-10-6-8(13)2-3-11(10)18-12/h2-3,6,9,16H,4-5,7,13H2,1H3,(H,14,15). The summed E-state index contributed by atoms with van der Waals surface area (Å²) in [6.07, 6.45) is 0.0804. The molecule has 1 aromatic carbocycles. The number of oxazole rings is 1. The van der Waals surface area contributed by atoms with Gasteiger partial charge < -0.3 is 25.3 Å². The first kappa shape index (κ1) is 12.7. The van der Waals surface area contributed by atoms with Crippen LogP contribution in [0.1, 0.15) is 6.42 Å². The van der Waals surface area contributed by atoms with E-state index in [0.29, 0.717) is 36.9 Å². The molecule has 4 N–H and O–H groups in total. The molecule has 98 valence electrons. The lowest BCUT2D eigenvalue weighted by atomic mass is 10.3. The van der Waals surface area contributed by atoms with E-state index in [1.807, 2.05) is 0 Å². The Morgan fingerprint density at radius 1 is 1.56 bits per heavy atom. The number of aliphatic hydroxyl groups excluding tert-OH is 1. The molecule has 2 aromatic rings. The Hall–Kier alpha value is -1.79. The average Bonchev–Trinajstić information content (AvgIpc) is 2.71. The third-order valence-electron chi connectivity index (χ3n) is 2.52. The van der Waals surface area contributed by atoms with Gasteiger partial charge in [-0.25, -0.2) is 0 Å². The van der Waals surface area contributed by atoms with Crippen LogP contribution in [0.4, 0.5) is 11.7 Å². The molecular formula is C12H17N3O3. The number of nitrogens with zero attached hydrogens (tertiary/aromatic N) is 1. The highest BCUT2D eigenvalue weighted by Crippen LogP contribution is 2.20. The molecule has 1 aromatic heterocycles. The van der Waals surface area contributed by atoms with Crippen LogP contribution in [0.25, 0.3) is 11.1 Å². The second kappa shape index (κ2) is 5.70. The fraction of sp³-hybridized carbons (Fsp3) is 0.417. The van der Waals surface area contributed by atoms with Crippen molar-refractivity contribution in [2.45, 2.75) is 12.5 Å². The van der Waals surface area contributed by atoms with Crippen molar-refractivity contribution >= 4 is 22.8 Å². The van der Waals surface area contributed by atoms with E-state index < -0.39 is 6.10 Å². The molecule has 1 unspecified atom stereocenters. The van der Waals surface area contributed by atoms with E-state index in [4.69, 9.17) is 14.9 Å². The number of ether oxygens (including phenoxy) is 1. The Bertz CT molecular complexity index is 512. The molecule has 0 aliphatic heterocycles. The van der Waals surface area contributed by atoms with Crippen molar-refractivity contribution in [3.63, 3.8) is 0 Å². The number of hydrogen-bond acceptors (Lipinski definition) is 6. The Balaban J connectivity index is 1.92. The van der Waals surface area contributed by atoms with Gasteiger partial charge in [-0.05, 0) is 24.6 Å². The van der Waals surface area contributed by atoms with Crippen LogP contribution < -0.4 is 11.1 Å². The number of aliphatic hydroxyl groups is 1. The van der Waals surface area contributed by atoms with Crippen molar-refractivity contribution in [2.24, 2.45) is 0 Å². The number of fused-ring (bicyclic) bond motifs is 1. The summed E-state index contributed by atoms with van der Waals surface area (Å²) in [5.41, 5.74) is 7.71. The minimum atomic E-state index is -0.484. The molecule has 0 radical (unpaired) electrons. The number of nitrogen functional groups attached to an aromatic ring is 1. The Labute approximate surface area is 105 Å². The third-order valence-corrected chi connectivity index (χ3v) is 2.52. The van der Waals surface area contributed by atoms with Crippen LogP contribution in [-0.2, 0) is 4.74 Å². The average molecular weight is 251 g/mol. The number of nitrogens with one attached hydrogen (secondary N) is 1. The third kappa shape index (κ3) is 3.12. The Morgan fingerprint density at radius 3 is 3.17 bits per heavy atom. The quantitative estimate of drug-likeness (QED) is 0.668. The van der Waals surface area contributed by atoms with E-state index in [1.54, 1.807) is 25.3 Å². The number of rotatable bonds is 6. The maximum Gasteiger partial charge on any atom is 0.295 e. The highest BCUT2D eigenvalue weighted by molar-refractivity contribution is 5.78. The van der Waals surface area contributed by atoms with Crippen molar-refractivity contribution < 1.29 is 14.3 Å². The molecule has 0 spiro atoms.